The van der Waals surface area contributed by atoms with Gasteiger partial charge in [-0.25, -0.2) is 0 Å². The van der Waals surface area contributed by atoms with E-state index in [-0.39, 0.29) is 0 Å². The molecule has 82 valence electrons. The lowest BCUT2D eigenvalue weighted by Crippen LogP contribution is -2.02. The number of rotatable bonds is 2. The van der Waals surface area contributed by atoms with Crippen molar-refractivity contribution in [3.8, 4) is 0 Å². The zero-order valence-electron chi connectivity index (χ0n) is 9.44. The van der Waals surface area contributed by atoms with Crippen LogP contribution in [0.25, 0.3) is 0 Å². The second kappa shape index (κ2) is 4.93. The Kier molecular flexibility index (Phi) is 3.57. The highest BCUT2D eigenvalue weighted by atomic mass is 32.1. The Morgan fingerprint density at radius 2 is 2.07 bits per heavy atom. The summed E-state index contributed by atoms with van der Waals surface area (Å²) in [5, 5.41) is 0. The molecule has 15 heavy (non-hydrogen) atoms. The number of nitrogens with one attached hydrogen (secondary N) is 1. The molecule has 0 spiro atoms. The average Bonchev–Trinajstić information content (AvgIpc) is 2.43. The molecule has 0 bridgehead atoms. The van der Waals surface area contributed by atoms with Crippen molar-refractivity contribution in [2.45, 2.75) is 51.9 Å². The predicted octanol–water partition coefficient (Wildman–Crippen LogP) is 3.97. The molecule has 2 heteroatoms. The van der Waals surface area contributed by atoms with Crippen LogP contribution in [0.15, 0.2) is 6.07 Å². The van der Waals surface area contributed by atoms with E-state index >= 15 is 0 Å². The molecule has 0 aromatic carbocycles. The number of pyridine rings is 1. The van der Waals surface area contributed by atoms with Crippen molar-refractivity contribution in [2.24, 2.45) is 0 Å². The van der Waals surface area contributed by atoms with Gasteiger partial charge < -0.3 is 4.98 Å². The molecule has 2 rings (SSSR count). The number of hydrogen-bond acceptors (Lipinski definition) is 1. The summed E-state index contributed by atoms with van der Waals surface area (Å²) in [6.07, 6.45) is 8.86. The molecule has 0 fully saturated rings. The van der Waals surface area contributed by atoms with Gasteiger partial charge >= 0.3 is 0 Å². The quantitative estimate of drug-likeness (QED) is 0.590. The minimum atomic E-state index is 0.916. The Balaban J connectivity index is 2.45. The fraction of sp³-hybridized carbons (Fsp3) is 0.615. The molecule has 1 aliphatic rings. The summed E-state index contributed by atoms with van der Waals surface area (Å²) in [7, 11) is 0. The highest BCUT2D eigenvalue weighted by Gasteiger charge is 2.11. The van der Waals surface area contributed by atoms with Gasteiger partial charge in [-0.15, -0.1) is 0 Å². The molecule has 1 aromatic heterocycles. The van der Waals surface area contributed by atoms with Gasteiger partial charge in [0, 0.05) is 5.69 Å². The molecule has 1 heterocycles. The third-order valence-corrected chi connectivity index (χ3v) is 3.42. The number of aromatic amines is 1. The molecule has 1 aliphatic carbocycles. The van der Waals surface area contributed by atoms with Crippen LogP contribution in [0.3, 0.4) is 0 Å². The Hall–Kier alpha value is -0.630. The SMILES string of the molecule is CCCc1[nH]c(=S)cc2c1CCCCC2. The lowest BCUT2D eigenvalue weighted by Gasteiger charge is -2.11. The Morgan fingerprint density at radius 1 is 1.27 bits per heavy atom. The van der Waals surface area contributed by atoms with Gasteiger partial charge in [0.1, 0.15) is 4.64 Å². The molecule has 0 aliphatic heterocycles. The third-order valence-electron chi connectivity index (χ3n) is 3.20. The molecule has 0 radical (unpaired) electrons. The maximum atomic E-state index is 5.29. The Morgan fingerprint density at radius 3 is 2.87 bits per heavy atom. The van der Waals surface area contributed by atoms with Crippen LogP contribution in [0.2, 0.25) is 0 Å². The minimum Gasteiger partial charge on any atom is -0.350 e. The van der Waals surface area contributed by atoms with E-state index in [1.807, 2.05) is 0 Å². The Labute approximate surface area is 96.9 Å². The Bertz CT molecular complexity index is 392. The fourth-order valence-corrected chi connectivity index (χ4v) is 2.76. The van der Waals surface area contributed by atoms with Gasteiger partial charge in [0.05, 0.1) is 0 Å². The monoisotopic (exact) mass is 221 g/mol. The highest BCUT2D eigenvalue weighted by Crippen LogP contribution is 2.23. The van der Waals surface area contributed by atoms with Gasteiger partial charge in [0.15, 0.2) is 0 Å². The molecule has 0 saturated carbocycles. The van der Waals surface area contributed by atoms with Gasteiger partial charge in [-0.3, -0.25) is 0 Å². The van der Waals surface area contributed by atoms with Crippen LogP contribution in [0.1, 0.15) is 49.4 Å². The van der Waals surface area contributed by atoms with Gasteiger partial charge in [0.2, 0.25) is 0 Å². The molecule has 0 atom stereocenters. The maximum absolute atomic E-state index is 5.29. The van der Waals surface area contributed by atoms with E-state index in [0.717, 1.165) is 11.1 Å². The first-order valence-electron chi connectivity index (χ1n) is 6.05. The van der Waals surface area contributed by atoms with Crippen molar-refractivity contribution in [1.82, 2.24) is 4.98 Å². The van der Waals surface area contributed by atoms with Crippen LogP contribution in [0, 0.1) is 4.64 Å². The van der Waals surface area contributed by atoms with Crippen molar-refractivity contribution in [3.63, 3.8) is 0 Å². The standard InChI is InChI=1S/C13H19NS/c1-2-6-12-11-8-5-3-4-7-10(11)9-13(15)14-12/h9H,2-8H2,1H3,(H,14,15). The van der Waals surface area contributed by atoms with Crippen molar-refractivity contribution >= 4 is 12.2 Å². The second-order valence-electron chi connectivity index (χ2n) is 4.43. The van der Waals surface area contributed by atoms with E-state index < -0.39 is 0 Å². The number of aryl methyl sites for hydroxylation is 2. The molecule has 0 amide bonds. The van der Waals surface area contributed by atoms with E-state index in [1.165, 1.54) is 49.8 Å². The second-order valence-corrected chi connectivity index (χ2v) is 4.87. The minimum absolute atomic E-state index is 0.916. The first kappa shape index (κ1) is 10.9. The van der Waals surface area contributed by atoms with Gasteiger partial charge in [0.25, 0.3) is 0 Å². The van der Waals surface area contributed by atoms with Crippen molar-refractivity contribution < 1.29 is 0 Å². The molecule has 1 N–H and O–H groups in total. The third kappa shape index (κ3) is 2.49. The van der Waals surface area contributed by atoms with Crippen LogP contribution in [0.4, 0.5) is 0 Å². The lowest BCUT2D eigenvalue weighted by molar-refractivity contribution is 0.709. The smallest absolute Gasteiger partial charge is 0.103 e. The van der Waals surface area contributed by atoms with Crippen LogP contribution in [-0.4, -0.2) is 4.98 Å². The average molecular weight is 221 g/mol. The largest absolute Gasteiger partial charge is 0.350 e. The number of fused-ring (bicyclic) bond motifs is 1. The van der Waals surface area contributed by atoms with Crippen LogP contribution >= 0.6 is 12.2 Å². The predicted molar refractivity (Wildman–Crippen MR) is 66.9 cm³/mol. The van der Waals surface area contributed by atoms with Crippen molar-refractivity contribution in [2.75, 3.05) is 0 Å². The highest BCUT2D eigenvalue weighted by molar-refractivity contribution is 7.71. The van der Waals surface area contributed by atoms with Crippen LogP contribution in [0.5, 0.6) is 0 Å². The van der Waals surface area contributed by atoms with E-state index in [1.54, 1.807) is 5.56 Å². The van der Waals surface area contributed by atoms with E-state index in [4.69, 9.17) is 12.2 Å². The van der Waals surface area contributed by atoms with E-state index in [9.17, 15) is 0 Å². The summed E-state index contributed by atoms with van der Waals surface area (Å²) in [4.78, 5) is 3.38. The summed E-state index contributed by atoms with van der Waals surface area (Å²) < 4.78 is 0.916. The maximum Gasteiger partial charge on any atom is 0.103 e. The van der Waals surface area contributed by atoms with Crippen LogP contribution < -0.4 is 0 Å². The number of H-pyrrole nitrogens is 1. The first-order valence-corrected chi connectivity index (χ1v) is 6.46. The summed E-state index contributed by atoms with van der Waals surface area (Å²) in [5.74, 6) is 0. The van der Waals surface area contributed by atoms with E-state index in [2.05, 4.69) is 18.0 Å². The molecular formula is C13H19NS. The summed E-state index contributed by atoms with van der Waals surface area (Å²) >= 11 is 5.29. The van der Waals surface area contributed by atoms with Crippen molar-refractivity contribution in [1.29, 1.82) is 0 Å². The lowest BCUT2D eigenvalue weighted by atomic mass is 10.00. The van der Waals surface area contributed by atoms with Crippen LogP contribution in [-0.2, 0) is 19.3 Å². The fourth-order valence-electron chi connectivity index (χ4n) is 2.49. The van der Waals surface area contributed by atoms with Gasteiger partial charge in [-0.1, -0.05) is 32.0 Å². The number of aromatic nitrogens is 1. The number of hydrogen-bond donors (Lipinski definition) is 1. The van der Waals surface area contributed by atoms with E-state index in [0.29, 0.717) is 0 Å². The van der Waals surface area contributed by atoms with Gasteiger partial charge in [-0.05, 0) is 49.3 Å². The molecular weight excluding hydrogens is 202 g/mol. The molecule has 0 unspecified atom stereocenters. The summed E-state index contributed by atoms with van der Waals surface area (Å²) in [5.41, 5.74) is 4.49. The summed E-state index contributed by atoms with van der Waals surface area (Å²) in [6, 6.07) is 2.18. The first-order chi connectivity index (χ1) is 7.31. The zero-order valence-corrected chi connectivity index (χ0v) is 10.3. The van der Waals surface area contributed by atoms with Crippen molar-refractivity contribution in [3.05, 3.63) is 27.5 Å². The normalized spacial score (nSPS) is 15.8. The topological polar surface area (TPSA) is 15.8 Å². The molecule has 0 saturated heterocycles. The molecule has 1 nitrogen and oxygen atoms in total. The zero-order chi connectivity index (χ0) is 10.7. The summed E-state index contributed by atoms with van der Waals surface area (Å²) in [6.45, 7) is 2.23. The molecule has 1 aromatic rings. The van der Waals surface area contributed by atoms with Gasteiger partial charge in [-0.2, -0.15) is 0 Å².